The second-order valence-electron chi connectivity index (χ2n) is 8.14. The van der Waals surface area contributed by atoms with Gasteiger partial charge in [0.15, 0.2) is 0 Å². The smallest absolute Gasteiger partial charge is 0.319 e. The molecule has 160 valence electrons. The van der Waals surface area contributed by atoms with E-state index in [-0.39, 0.29) is 24.1 Å². The summed E-state index contributed by atoms with van der Waals surface area (Å²) in [7, 11) is 0. The molecule has 6 N–H and O–H groups in total. The van der Waals surface area contributed by atoms with Gasteiger partial charge in [-0.25, -0.2) is 9.59 Å². The van der Waals surface area contributed by atoms with Crippen LogP contribution in [0.4, 0.5) is 21.0 Å². The van der Waals surface area contributed by atoms with Gasteiger partial charge in [0.2, 0.25) is 0 Å². The number of carbonyl (C=O) groups excluding carboxylic acids is 2. The van der Waals surface area contributed by atoms with Gasteiger partial charge in [-0.15, -0.1) is 0 Å². The van der Waals surface area contributed by atoms with E-state index < -0.39 is 12.2 Å². The molecule has 0 heterocycles. The summed E-state index contributed by atoms with van der Waals surface area (Å²) >= 11 is 0. The van der Waals surface area contributed by atoms with Crippen molar-refractivity contribution in [1.82, 2.24) is 10.6 Å². The van der Waals surface area contributed by atoms with E-state index in [2.05, 4.69) is 21.3 Å². The van der Waals surface area contributed by atoms with E-state index in [4.69, 9.17) is 0 Å². The lowest BCUT2D eigenvalue weighted by atomic mass is 9.93. The van der Waals surface area contributed by atoms with Gasteiger partial charge in [0, 0.05) is 11.4 Å². The quantitative estimate of drug-likeness (QED) is 0.462. The molecule has 0 radical (unpaired) electrons. The maximum Gasteiger partial charge on any atom is 0.319 e. The van der Waals surface area contributed by atoms with E-state index in [0.717, 1.165) is 44.1 Å². The van der Waals surface area contributed by atoms with E-state index in [1.54, 1.807) is 12.1 Å². The minimum absolute atomic E-state index is 0.237. The van der Waals surface area contributed by atoms with Gasteiger partial charge in [-0.2, -0.15) is 0 Å². The molecule has 1 aromatic carbocycles. The second kappa shape index (κ2) is 9.93. The van der Waals surface area contributed by atoms with E-state index in [0.29, 0.717) is 24.2 Å². The first-order valence-electron chi connectivity index (χ1n) is 10.5. The lowest BCUT2D eigenvalue weighted by molar-refractivity contribution is 0.0955. The van der Waals surface area contributed by atoms with E-state index in [1.807, 2.05) is 13.0 Å². The molecule has 3 rings (SSSR count). The third kappa shape index (κ3) is 6.08. The summed E-state index contributed by atoms with van der Waals surface area (Å²) in [6.07, 6.45) is 5.86. The first-order valence-corrected chi connectivity index (χ1v) is 10.5. The summed E-state index contributed by atoms with van der Waals surface area (Å²) in [5, 5.41) is 31.3. The molecule has 2 aliphatic carbocycles. The Hall–Kier alpha value is -2.32. The number of carbonyl (C=O) groups is 2. The van der Waals surface area contributed by atoms with Crippen molar-refractivity contribution in [3.63, 3.8) is 0 Å². The topological polar surface area (TPSA) is 123 Å². The lowest BCUT2D eigenvalue weighted by Crippen LogP contribution is -2.47. The fourth-order valence-electron chi connectivity index (χ4n) is 4.06. The van der Waals surface area contributed by atoms with E-state index in [9.17, 15) is 19.8 Å². The van der Waals surface area contributed by atoms with Gasteiger partial charge in [0.25, 0.3) is 0 Å². The number of aliphatic hydroxyl groups excluding tert-OH is 2. The van der Waals surface area contributed by atoms with Gasteiger partial charge in [-0.1, -0.05) is 31.7 Å². The van der Waals surface area contributed by atoms with E-state index >= 15 is 0 Å². The lowest BCUT2D eigenvalue weighted by Gasteiger charge is -2.28. The van der Waals surface area contributed by atoms with Crippen LogP contribution in [-0.2, 0) is 0 Å². The Bertz CT molecular complexity index is 727. The van der Waals surface area contributed by atoms with Crippen molar-refractivity contribution >= 4 is 23.4 Å². The Morgan fingerprint density at radius 1 is 0.828 bits per heavy atom. The molecule has 2 saturated carbocycles. The summed E-state index contributed by atoms with van der Waals surface area (Å²) in [6, 6.07) is 4.06. The predicted molar refractivity (Wildman–Crippen MR) is 112 cm³/mol. The highest BCUT2D eigenvalue weighted by atomic mass is 16.3. The first-order chi connectivity index (χ1) is 13.9. The van der Waals surface area contributed by atoms with Crippen molar-refractivity contribution in [3.05, 3.63) is 23.8 Å². The number of anilines is 2. The molecule has 4 amide bonds. The molecule has 0 spiro atoms. The summed E-state index contributed by atoms with van der Waals surface area (Å²) in [4.78, 5) is 24.6. The van der Waals surface area contributed by atoms with Crippen molar-refractivity contribution in [2.75, 3.05) is 10.6 Å². The van der Waals surface area contributed by atoms with Crippen LogP contribution in [0.2, 0.25) is 0 Å². The SMILES string of the molecule is Cc1ccc(NC(=O)N[C@@H]2CCCC[C@@H]2O)cc1NC(=O)N[C@@H]1CCCC[C@H]1O. The van der Waals surface area contributed by atoms with Crippen LogP contribution in [0.1, 0.15) is 56.9 Å². The van der Waals surface area contributed by atoms with Crippen LogP contribution in [0.25, 0.3) is 0 Å². The highest BCUT2D eigenvalue weighted by Gasteiger charge is 2.25. The number of nitrogens with one attached hydrogen (secondary N) is 4. The minimum atomic E-state index is -0.512. The van der Waals surface area contributed by atoms with Crippen LogP contribution in [0.15, 0.2) is 18.2 Å². The number of urea groups is 2. The number of hydrogen-bond acceptors (Lipinski definition) is 4. The maximum absolute atomic E-state index is 12.3. The monoisotopic (exact) mass is 404 g/mol. The van der Waals surface area contributed by atoms with Crippen LogP contribution in [-0.4, -0.2) is 46.6 Å². The number of hydrogen-bond donors (Lipinski definition) is 6. The molecule has 29 heavy (non-hydrogen) atoms. The van der Waals surface area contributed by atoms with Crippen LogP contribution in [0.5, 0.6) is 0 Å². The third-order valence-electron chi connectivity index (χ3n) is 5.84. The number of benzene rings is 1. The Kier molecular flexibility index (Phi) is 7.33. The van der Waals surface area contributed by atoms with Crippen molar-refractivity contribution in [3.8, 4) is 0 Å². The average molecular weight is 405 g/mol. The molecule has 2 aliphatic rings. The van der Waals surface area contributed by atoms with Crippen LogP contribution < -0.4 is 21.3 Å². The zero-order chi connectivity index (χ0) is 20.8. The Labute approximate surface area is 171 Å². The van der Waals surface area contributed by atoms with Crippen LogP contribution in [0, 0.1) is 6.92 Å². The minimum Gasteiger partial charge on any atom is -0.391 e. The molecule has 0 saturated heterocycles. The fourth-order valence-corrected chi connectivity index (χ4v) is 4.06. The van der Waals surface area contributed by atoms with Gasteiger partial charge in [0.1, 0.15) is 0 Å². The molecule has 2 fully saturated rings. The zero-order valence-electron chi connectivity index (χ0n) is 16.9. The van der Waals surface area contributed by atoms with Crippen molar-refractivity contribution in [2.24, 2.45) is 0 Å². The third-order valence-corrected chi connectivity index (χ3v) is 5.84. The van der Waals surface area contributed by atoms with Crippen LogP contribution >= 0.6 is 0 Å². The molecule has 0 aromatic heterocycles. The molecule has 1 aromatic rings. The first kappa shape index (κ1) is 21.4. The summed E-state index contributed by atoms with van der Waals surface area (Å²) in [5.74, 6) is 0. The van der Waals surface area contributed by atoms with Gasteiger partial charge < -0.3 is 31.5 Å². The van der Waals surface area contributed by atoms with Gasteiger partial charge in [0.05, 0.1) is 24.3 Å². The standard InChI is InChI=1S/C21H32N4O4/c1-13-10-11-14(22-20(28)23-15-6-2-4-8-18(15)26)12-17(13)25-21(29)24-16-7-3-5-9-19(16)27/h10-12,15-16,18-19,26-27H,2-9H2,1H3,(H2,22,23,28)(H2,24,25,29)/t15-,16-,18+,19-/m1/s1. The van der Waals surface area contributed by atoms with Crippen molar-refractivity contribution in [1.29, 1.82) is 0 Å². The van der Waals surface area contributed by atoms with Gasteiger partial charge >= 0.3 is 12.1 Å². The highest BCUT2D eigenvalue weighted by molar-refractivity contribution is 5.93. The number of aryl methyl sites for hydroxylation is 1. The molecular weight excluding hydrogens is 372 g/mol. The molecule has 0 aliphatic heterocycles. The Balaban J connectivity index is 1.56. The second-order valence-corrected chi connectivity index (χ2v) is 8.14. The molecule has 8 heteroatoms. The Morgan fingerprint density at radius 3 is 1.90 bits per heavy atom. The largest absolute Gasteiger partial charge is 0.391 e. The Morgan fingerprint density at radius 2 is 1.34 bits per heavy atom. The molecule has 0 unspecified atom stereocenters. The fraction of sp³-hybridized carbons (Fsp3) is 0.619. The maximum atomic E-state index is 12.3. The van der Waals surface area contributed by atoms with Crippen molar-refractivity contribution < 1.29 is 19.8 Å². The number of aliphatic hydroxyl groups is 2. The summed E-state index contributed by atoms with van der Waals surface area (Å²) in [5.41, 5.74) is 1.99. The van der Waals surface area contributed by atoms with Crippen molar-refractivity contribution in [2.45, 2.75) is 82.6 Å². The zero-order valence-corrected chi connectivity index (χ0v) is 16.9. The molecule has 4 atom stereocenters. The number of amides is 4. The normalized spacial score (nSPS) is 27.0. The van der Waals surface area contributed by atoms with Gasteiger partial charge in [-0.3, -0.25) is 0 Å². The molecule has 8 nitrogen and oxygen atoms in total. The highest BCUT2D eigenvalue weighted by Crippen LogP contribution is 2.22. The molecular formula is C21H32N4O4. The van der Waals surface area contributed by atoms with E-state index in [1.165, 1.54) is 0 Å². The predicted octanol–water partition coefficient (Wildman–Crippen LogP) is 2.85. The van der Waals surface area contributed by atoms with Gasteiger partial charge in [-0.05, 0) is 50.3 Å². The number of rotatable bonds is 4. The summed E-state index contributed by atoms with van der Waals surface area (Å²) < 4.78 is 0. The summed E-state index contributed by atoms with van der Waals surface area (Å²) in [6.45, 7) is 1.87. The molecule has 0 bridgehead atoms. The average Bonchev–Trinajstić information content (AvgIpc) is 2.68. The van der Waals surface area contributed by atoms with Crippen LogP contribution in [0.3, 0.4) is 0 Å².